The van der Waals surface area contributed by atoms with Gasteiger partial charge in [0.15, 0.2) is 5.78 Å². The number of ketones is 1. The average Bonchev–Trinajstić information content (AvgIpc) is 2.92. The SMILES string of the molecule is CC.CCc1c(OC)cc2sc(C(=O)CP(=O)(O)O)cc2c1C. The van der Waals surface area contributed by atoms with Crippen molar-refractivity contribution in [2.45, 2.75) is 34.1 Å². The van der Waals surface area contributed by atoms with Gasteiger partial charge in [-0.2, -0.15) is 0 Å². The van der Waals surface area contributed by atoms with Crippen LogP contribution in [-0.4, -0.2) is 28.8 Å². The fraction of sp³-hybridized carbons (Fsp3) is 0.438. The number of fused-ring (bicyclic) bond motifs is 1. The van der Waals surface area contributed by atoms with Gasteiger partial charge in [0.1, 0.15) is 11.9 Å². The second-order valence-corrected chi connectivity index (χ2v) is 7.53. The Bertz CT molecular complexity index is 744. The smallest absolute Gasteiger partial charge is 0.333 e. The van der Waals surface area contributed by atoms with Gasteiger partial charge in [-0.25, -0.2) is 0 Å². The van der Waals surface area contributed by atoms with Gasteiger partial charge in [-0.05, 0) is 42.0 Å². The zero-order chi connectivity index (χ0) is 17.8. The molecule has 0 atom stereocenters. The Balaban J connectivity index is 0.00000127. The van der Waals surface area contributed by atoms with Crippen molar-refractivity contribution in [3.63, 3.8) is 0 Å². The third kappa shape index (κ3) is 4.64. The van der Waals surface area contributed by atoms with Gasteiger partial charge in [-0.1, -0.05) is 20.8 Å². The van der Waals surface area contributed by atoms with E-state index < -0.39 is 19.5 Å². The first kappa shape index (κ1) is 19.8. The third-order valence-corrected chi connectivity index (χ3v) is 5.20. The van der Waals surface area contributed by atoms with Crippen LogP contribution in [0.25, 0.3) is 10.1 Å². The predicted molar refractivity (Wildman–Crippen MR) is 95.1 cm³/mol. The number of ether oxygens (including phenoxy) is 1. The van der Waals surface area contributed by atoms with Gasteiger partial charge >= 0.3 is 7.60 Å². The number of benzene rings is 1. The average molecular weight is 358 g/mol. The first-order chi connectivity index (χ1) is 10.8. The topological polar surface area (TPSA) is 83.8 Å². The Kier molecular flexibility index (Phi) is 6.96. The number of thiophene rings is 1. The second-order valence-electron chi connectivity index (χ2n) is 4.80. The highest BCUT2D eigenvalue weighted by Gasteiger charge is 2.22. The zero-order valence-electron chi connectivity index (χ0n) is 14.0. The first-order valence-electron chi connectivity index (χ1n) is 7.44. The van der Waals surface area contributed by atoms with Crippen molar-refractivity contribution < 1.29 is 23.9 Å². The summed E-state index contributed by atoms with van der Waals surface area (Å²) in [4.78, 5) is 30.1. The number of methoxy groups -OCH3 is 1. The molecule has 0 aliphatic heterocycles. The molecule has 0 aliphatic rings. The molecule has 0 spiro atoms. The molecule has 1 aromatic carbocycles. The van der Waals surface area contributed by atoms with Crippen LogP contribution >= 0.6 is 18.9 Å². The summed E-state index contributed by atoms with van der Waals surface area (Å²) in [6.07, 6.45) is 0.0587. The second kappa shape index (κ2) is 8.06. The molecule has 0 saturated heterocycles. The van der Waals surface area contributed by atoms with Crippen molar-refractivity contribution in [1.82, 2.24) is 0 Å². The standard InChI is InChI=1S/C14H17O5PS.C2H6/c1-4-9-8(2)10-5-14(11(15)7-20(16,17)18)21-13(10)6-12(9)19-3;1-2/h5-6H,4,7H2,1-3H3,(H2,16,17,18);1-2H3. The molecule has 23 heavy (non-hydrogen) atoms. The Labute approximate surface area is 140 Å². The van der Waals surface area contributed by atoms with Gasteiger partial charge in [0.05, 0.1) is 12.0 Å². The van der Waals surface area contributed by atoms with Crippen LogP contribution in [0.3, 0.4) is 0 Å². The molecule has 2 rings (SSSR count). The number of hydrogen-bond donors (Lipinski definition) is 2. The van der Waals surface area contributed by atoms with Crippen LogP contribution in [0, 0.1) is 6.92 Å². The van der Waals surface area contributed by atoms with E-state index in [-0.39, 0.29) is 0 Å². The van der Waals surface area contributed by atoms with Crippen molar-refractivity contribution in [3.05, 3.63) is 28.1 Å². The number of hydrogen-bond acceptors (Lipinski definition) is 4. The maximum atomic E-state index is 11.9. The number of rotatable bonds is 5. The molecule has 128 valence electrons. The van der Waals surface area contributed by atoms with Crippen molar-refractivity contribution in [3.8, 4) is 5.75 Å². The molecule has 2 aromatic rings. The summed E-state index contributed by atoms with van der Waals surface area (Å²) in [6, 6.07) is 3.59. The number of carbonyl (C=O) groups is 1. The van der Waals surface area contributed by atoms with Crippen LogP contribution in [0.4, 0.5) is 0 Å². The van der Waals surface area contributed by atoms with Crippen LogP contribution in [0.5, 0.6) is 5.75 Å². The summed E-state index contributed by atoms with van der Waals surface area (Å²) < 4.78 is 17.2. The van der Waals surface area contributed by atoms with E-state index in [0.29, 0.717) is 4.88 Å². The van der Waals surface area contributed by atoms with Crippen molar-refractivity contribution in [2.75, 3.05) is 13.3 Å². The molecule has 0 amide bonds. The molecule has 1 heterocycles. The Morgan fingerprint density at radius 1 is 1.30 bits per heavy atom. The zero-order valence-corrected chi connectivity index (χ0v) is 15.8. The van der Waals surface area contributed by atoms with Crippen LogP contribution in [-0.2, 0) is 11.0 Å². The van der Waals surface area contributed by atoms with E-state index in [1.807, 2.05) is 33.8 Å². The van der Waals surface area contributed by atoms with Gasteiger partial charge in [0.2, 0.25) is 0 Å². The molecular formula is C16H23O5PS. The minimum absolute atomic E-state index is 0.367. The minimum atomic E-state index is -4.34. The molecule has 0 bridgehead atoms. The monoisotopic (exact) mass is 358 g/mol. The van der Waals surface area contributed by atoms with Crippen LogP contribution < -0.4 is 4.74 Å². The lowest BCUT2D eigenvalue weighted by Crippen LogP contribution is -2.03. The fourth-order valence-electron chi connectivity index (χ4n) is 2.38. The minimum Gasteiger partial charge on any atom is -0.496 e. The van der Waals surface area contributed by atoms with E-state index in [0.717, 1.165) is 33.4 Å². The quantitative estimate of drug-likeness (QED) is 0.619. The van der Waals surface area contributed by atoms with Gasteiger partial charge in [0.25, 0.3) is 0 Å². The summed E-state index contributed by atoms with van der Waals surface area (Å²) in [5, 5.41) is 0.937. The first-order valence-corrected chi connectivity index (χ1v) is 10.1. The highest BCUT2D eigenvalue weighted by molar-refractivity contribution is 7.53. The van der Waals surface area contributed by atoms with Crippen molar-refractivity contribution in [2.24, 2.45) is 0 Å². The van der Waals surface area contributed by atoms with Gasteiger partial charge in [-0.15, -0.1) is 11.3 Å². The molecule has 0 radical (unpaired) electrons. The summed E-state index contributed by atoms with van der Waals surface area (Å²) in [5.41, 5.74) is 2.12. The molecule has 0 unspecified atom stereocenters. The summed E-state index contributed by atoms with van der Waals surface area (Å²) in [7, 11) is -2.74. The maximum Gasteiger partial charge on any atom is 0.333 e. The lowest BCUT2D eigenvalue weighted by Gasteiger charge is -2.10. The molecule has 0 fully saturated rings. The van der Waals surface area contributed by atoms with Gasteiger partial charge in [0, 0.05) is 4.70 Å². The highest BCUT2D eigenvalue weighted by Crippen LogP contribution is 2.39. The fourth-order valence-corrected chi connectivity index (χ4v) is 4.12. The Hall–Kier alpha value is -1.20. The maximum absolute atomic E-state index is 11.9. The van der Waals surface area contributed by atoms with Crippen LogP contribution in [0.1, 0.15) is 41.6 Å². The predicted octanol–water partition coefficient (Wildman–Crippen LogP) is 4.17. The van der Waals surface area contributed by atoms with E-state index in [1.54, 1.807) is 13.2 Å². The van der Waals surface area contributed by atoms with Gasteiger partial charge < -0.3 is 14.5 Å². The number of aryl methyl sites for hydroxylation is 1. The number of carbonyl (C=O) groups excluding carboxylic acids is 1. The Morgan fingerprint density at radius 2 is 1.91 bits per heavy atom. The van der Waals surface area contributed by atoms with Crippen LogP contribution in [0.15, 0.2) is 12.1 Å². The molecule has 0 aliphatic carbocycles. The summed E-state index contributed by atoms with van der Waals surface area (Å²) >= 11 is 1.24. The lowest BCUT2D eigenvalue weighted by molar-refractivity contribution is 0.101. The van der Waals surface area contributed by atoms with E-state index in [2.05, 4.69) is 0 Å². The van der Waals surface area contributed by atoms with Gasteiger partial charge in [-0.3, -0.25) is 9.36 Å². The Morgan fingerprint density at radius 3 is 2.39 bits per heavy atom. The molecule has 7 heteroatoms. The van der Waals surface area contributed by atoms with Crippen molar-refractivity contribution in [1.29, 1.82) is 0 Å². The summed E-state index contributed by atoms with van der Waals surface area (Å²) in [6.45, 7) is 8.00. The molecule has 1 aromatic heterocycles. The normalized spacial score (nSPS) is 11.1. The van der Waals surface area contributed by atoms with Crippen molar-refractivity contribution >= 4 is 34.8 Å². The molecule has 0 saturated carbocycles. The highest BCUT2D eigenvalue weighted by atomic mass is 32.1. The van der Waals surface area contributed by atoms with E-state index >= 15 is 0 Å². The molecule has 5 nitrogen and oxygen atoms in total. The third-order valence-electron chi connectivity index (χ3n) is 3.37. The molecular weight excluding hydrogens is 335 g/mol. The van der Waals surface area contributed by atoms with E-state index in [1.165, 1.54) is 11.3 Å². The summed E-state index contributed by atoms with van der Waals surface area (Å²) in [5.74, 6) is 0.249. The lowest BCUT2D eigenvalue weighted by atomic mass is 10.0. The van der Waals surface area contributed by atoms with Crippen LogP contribution in [0.2, 0.25) is 0 Å². The largest absolute Gasteiger partial charge is 0.496 e. The number of Topliss-reactive ketones (excluding diaryl/α,β-unsaturated/α-hetero) is 1. The van der Waals surface area contributed by atoms with E-state index in [9.17, 15) is 9.36 Å². The molecule has 2 N–H and O–H groups in total. The van der Waals surface area contributed by atoms with E-state index in [4.69, 9.17) is 14.5 Å².